The zero-order valence-corrected chi connectivity index (χ0v) is 12.3. The molecule has 2 aliphatic heterocycles. The first-order chi connectivity index (χ1) is 10.1. The van der Waals surface area contributed by atoms with Gasteiger partial charge in [0.1, 0.15) is 11.4 Å². The van der Waals surface area contributed by atoms with E-state index in [0.29, 0.717) is 26.2 Å². The minimum Gasteiger partial charge on any atom is -0.369 e. The average molecular weight is 314 g/mol. The summed E-state index contributed by atoms with van der Waals surface area (Å²) in [4.78, 5) is 13.9. The lowest BCUT2D eigenvalue weighted by atomic mass is 9.95. The number of benzene rings is 1. The highest BCUT2D eigenvalue weighted by atomic mass is 35.5. The van der Waals surface area contributed by atoms with Gasteiger partial charge in [-0.15, -0.1) is 0 Å². The van der Waals surface area contributed by atoms with Crippen molar-refractivity contribution in [1.29, 1.82) is 0 Å². The number of rotatable bonds is 2. The molecule has 0 unspecified atom stereocenters. The fourth-order valence-corrected chi connectivity index (χ4v) is 2.78. The quantitative estimate of drug-likeness (QED) is 0.867. The summed E-state index contributed by atoms with van der Waals surface area (Å²) in [6.07, 6.45) is 0. The number of nitrogens with zero attached hydrogens (tertiary/aromatic N) is 1. The van der Waals surface area contributed by atoms with Crippen LogP contribution >= 0.6 is 11.6 Å². The average Bonchev–Trinajstić information content (AvgIpc) is 2.46. The maximum absolute atomic E-state index is 13.1. The van der Waals surface area contributed by atoms with Gasteiger partial charge in [-0.25, -0.2) is 9.18 Å². The van der Waals surface area contributed by atoms with Crippen LogP contribution in [-0.2, 0) is 11.3 Å². The predicted molar refractivity (Wildman–Crippen MR) is 76.8 cm³/mol. The van der Waals surface area contributed by atoms with Crippen molar-refractivity contribution in [3.63, 3.8) is 0 Å². The fraction of sp³-hybridized carbons (Fsp3) is 0.500. The summed E-state index contributed by atoms with van der Waals surface area (Å²) in [6, 6.07) is 4.30. The Hall–Kier alpha value is -1.37. The van der Waals surface area contributed by atoms with E-state index in [1.165, 1.54) is 12.1 Å². The molecule has 0 radical (unpaired) electrons. The number of ether oxygens (including phenoxy) is 1. The normalized spacial score (nSPS) is 20.2. The molecule has 1 aromatic rings. The molecule has 3 rings (SSSR count). The van der Waals surface area contributed by atoms with Crippen LogP contribution in [0.1, 0.15) is 5.56 Å². The molecule has 2 heterocycles. The van der Waals surface area contributed by atoms with Crippen LogP contribution in [0, 0.1) is 5.82 Å². The van der Waals surface area contributed by atoms with Crippen molar-refractivity contribution in [2.45, 2.75) is 12.1 Å². The van der Waals surface area contributed by atoms with Crippen molar-refractivity contribution in [1.82, 2.24) is 15.5 Å². The van der Waals surface area contributed by atoms with Gasteiger partial charge in [0.15, 0.2) is 0 Å². The number of hydrogen-bond donors (Lipinski definition) is 2. The van der Waals surface area contributed by atoms with Crippen molar-refractivity contribution < 1.29 is 13.9 Å². The van der Waals surface area contributed by atoms with Crippen molar-refractivity contribution in [2.24, 2.45) is 0 Å². The largest absolute Gasteiger partial charge is 0.369 e. The summed E-state index contributed by atoms with van der Waals surface area (Å²) in [5, 5.41) is 6.06. The summed E-state index contributed by atoms with van der Waals surface area (Å²) in [7, 11) is 0. The zero-order chi connectivity index (χ0) is 14.9. The fourth-order valence-electron chi connectivity index (χ4n) is 2.58. The van der Waals surface area contributed by atoms with Gasteiger partial charge in [-0.05, 0) is 17.7 Å². The van der Waals surface area contributed by atoms with Gasteiger partial charge in [-0.3, -0.25) is 0 Å². The molecule has 2 N–H and O–H groups in total. The summed E-state index contributed by atoms with van der Waals surface area (Å²) in [5.41, 5.74) is 0.553. The van der Waals surface area contributed by atoms with Crippen LogP contribution in [0.3, 0.4) is 0 Å². The lowest BCUT2D eigenvalue weighted by Crippen LogP contribution is -2.69. The maximum atomic E-state index is 13.1. The number of halogens is 2. The first-order valence-electron chi connectivity index (χ1n) is 6.89. The van der Waals surface area contributed by atoms with E-state index < -0.39 is 5.82 Å². The van der Waals surface area contributed by atoms with Gasteiger partial charge in [-0.1, -0.05) is 17.7 Å². The Morgan fingerprint density at radius 2 is 2.33 bits per heavy atom. The molecule has 2 saturated heterocycles. The number of urea groups is 1. The summed E-state index contributed by atoms with van der Waals surface area (Å²) in [5.74, 6) is -0.459. The van der Waals surface area contributed by atoms with E-state index in [1.807, 2.05) is 0 Å². The van der Waals surface area contributed by atoms with Crippen molar-refractivity contribution in [3.8, 4) is 0 Å². The molecule has 5 nitrogen and oxygen atoms in total. The van der Waals surface area contributed by atoms with Crippen molar-refractivity contribution in [3.05, 3.63) is 34.6 Å². The molecule has 7 heteroatoms. The lowest BCUT2D eigenvalue weighted by Gasteiger charge is -2.48. The molecule has 2 fully saturated rings. The highest BCUT2D eigenvalue weighted by molar-refractivity contribution is 6.30. The number of amides is 2. The topological polar surface area (TPSA) is 53.6 Å². The summed E-state index contributed by atoms with van der Waals surface area (Å²) < 4.78 is 18.8. The standard InChI is InChI=1S/C14H17ClFN3O2/c15-11-5-10(1-2-12(11)16)6-18-13(20)19-3-4-21-14(9-19)7-17-8-14/h1-2,5,17H,3-4,6-9H2,(H,18,20). The molecule has 21 heavy (non-hydrogen) atoms. The van der Waals surface area contributed by atoms with Crippen LogP contribution in [0.4, 0.5) is 9.18 Å². The predicted octanol–water partition coefficient (Wildman–Crippen LogP) is 1.36. The van der Waals surface area contributed by atoms with Crippen molar-refractivity contribution >= 4 is 17.6 Å². The smallest absolute Gasteiger partial charge is 0.317 e. The maximum Gasteiger partial charge on any atom is 0.317 e. The lowest BCUT2D eigenvalue weighted by molar-refractivity contribution is -0.125. The van der Waals surface area contributed by atoms with Crippen LogP contribution < -0.4 is 10.6 Å². The van der Waals surface area contributed by atoms with E-state index in [-0.39, 0.29) is 16.7 Å². The van der Waals surface area contributed by atoms with Crippen LogP contribution in [0.5, 0.6) is 0 Å². The third kappa shape index (κ3) is 3.12. The first kappa shape index (κ1) is 14.6. The number of hydrogen-bond acceptors (Lipinski definition) is 3. The third-order valence-corrected chi connectivity index (χ3v) is 4.15. The first-order valence-corrected chi connectivity index (χ1v) is 7.27. The number of carbonyl (C=O) groups is 1. The van der Waals surface area contributed by atoms with Crippen LogP contribution in [0.15, 0.2) is 18.2 Å². The molecular formula is C14H17ClFN3O2. The van der Waals surface area contributed by atoms with E-state index in [2.05, 4.69) is 10.6 Å². The second kappa shape index (κ2) is 5.79. The summed E-state index contributed by atoms with van der Waals surface area (Å²) >= 11 is 5.72. The van der Waals surface area contributed by atoms with Gasteiger partial charge in [-0.2, -0.15) is 0 Å². The Labute approximate surface area is 127 Å². The van der Waals surface area contributed by atoms with Gasteiger partial charge < -0.3 is 20.3 Å². The molecule has 0 aliphatic carbocycles. The number of carbonyl (C=O) groups excluding carboxylic acids is 1. The minimum atomic E-state index is -0.459. The van der Waals surface area contributed by atoms with E-state index in [4.69, 9.17) is 16.3 Å². The van der Waals surface area contributed by atoms with Crippen LogP contribution in [0.2, 0.25) is 5.02 Å². The van der Waals surface area contributed by atoms with Gasteiger partial charge in [0, 0.05) is 26.2 Å². The van der Waals surface area contributed by atoms with Crippen LogP contribution in [-0.4, -0.2) is 49.3 Å². The number of morpholine rings is 1. The molecule has 0 aromatic heterocycles. The molecular weight excluding hydrogens is 297 g/mol. The van der Waals surface area contributed by atoms with Gasteiger partial charge in [0.05, 0.1) is 18.2 Å². The van der Waals surface area contributed by atoms with Crippen LogP contribution in [0.25, 0.3) is 0 Å². The third-order valence-electron chi connectivity index (χ3n) is 3.86. The molecule has 1 spiro atoms. The van der Waals surface area contributed by atoms with E-state index >= 15 is 0 Å². The Balaban J connectivity index is 1.55. The van der Waals surface area contributed by atoms with E-state index in [9.17, 15) is 9.18 Å². The Kier molecular flexibility index (Phi) is 4.01. The Bertz CT molecular complexity index is 551. The molecule has 1 aromatic carbocycles. The molecule has 0 saturated carbocycles. The monoisotopic (exact) mass is 313 g/mol. The zero-order valence-electron chi connectivity index (χ0n) is 11.5. The highest BCUT2D eigenvalue weighted by Gasteiger charge is 2.43. The van der Waals surface area contributed by atoms with Crippen molar-refractivity contribution in [2.75, 3.05) is 32.8 Å². The Morgan fingerprint density at radius 3 is 3.00 bits per heavy atom. The molecule has 0 atom stereocenters. The van der Waals surface area contributed by atoms with E-state index in [1.54, 1.807) is 11.0 Å². The molecule has 0 bridgehead atoms. The minimum absolute atomic E-state index is 0.0626. The van der Waals surface area contributed by atoms with Gasteiger partial charge >= 0.3 is 6.03 Å². The molecule has 2 amide bonds. The SMILES string of the molecule is O=C(NCc1ccc(F)c(Cl)c1)N1CCOC2(CNC2)C1. The number of nitrogens with one attached hydrogen (secondary N) is 2. The second-order valence-electron chi connectivity index (χ2n) is 5.46. The molecule has 2 aliphatic rings. The van der Waals surface area contributed by atoms with E-state index in [0.717, 1.165) is 18.7 Å². The second-order valence-corrected chi connectivity index (χ2v) is 5.87. The van der Waals surface area contributed by atoms with Gasteiger partial charge in [0.25, 0.3) is 0 Å². The molecule has 114 valence electrons. The highest BCUT2D eigenvalue weighted by Crippen LogP contribution is 2.22. The summed E-state index contributed by atoms with van der Waals surface area (Å²) in [6.45, 7) is 3.61. The van der Waals surface area contributed by atoms with Gasteiger partial charge in [0.2, 0.25) is 0 Å². The Morgan fingerprint density at radius 1 is 1.52 bits per heavy atom.